The predicted octanol–water partition coefficient (Wildman–Crippen LogP) is 6.01. The molecular formula is C28H32ClN3O5. The molecule has 0 radical (unpaired) electrons. The minimum absolute atomic E-state index is 0.0316. The van der Waals surface area contributed by atoms with Gasteiger partial charge in [-0.25, -0.2) is 9.78 Å². The van der Waals surface area contributed by atoms with E-state index in [1.165, 1.54) is 7.11 Å². The van der Waals surface area contributed by atoms with E-state index in [1.54, 1.807) is 18.1 Å². The molecule has 2 aliphatic rings. The lowest BCUT2D eigenvalue weighted by Gasteiger charge is -2.34. The first kappa shape index (κ1) is 25.4. The molecule has 1 N–H and O–H groups in total. The van der Waals surface area contributed by atoms with Gasteiger partial charge in [-0.3, -0.25) is 9.69 Å². The van der Waals surface area contributed by atoms with Gasteiger partial charge < -0.3 is 19.1 Å². The molecule has 2 aromatic carbocycles. The van der Waals surface area contributed by atoms with Gasteiger partial charge in [0.15, 0.2) is 0 Å². The zero-order chi connectivity index (χ0) is 26.3. The summed E-state index contributed by atoms with van der Waals surface area (Å²) in [5.41, 5.74) is 4.78. The van der Waals surface area contributed by atoms with Crippen molar-refractivity contribution in [3.8, 4) is 5.75 Å². The van der Waals surface area contributed by atoms with Gasteiger partial charge in [-0.05, 0) is 81.3 Å². The number of imidazole rings is 1. The van der Waals surface area contributed by atoms with Gasteiger partial charge >= 0.3 is 12.1 Å². The minimum atomic E-state index is -0.716. The van der Waals surface area contributed by atoms with Crippen LogP contribution < -0.4 is 9.64 Å². The molecule has 0 saturated heterocycles. The van der Waals surface area contributed by atoms with E-state index in [9.17, 15) is 14.7 Å². The number of carbonyl (C=O) groups excluding carboxylic acids is 1. The second kappa shape index (κ2) is 10.2. The minimum Gasteiger partial charge on any atom is -0.497 e. The van der Waals surface area contributed by atoms with E-state index in [0.29, 0.717) is 30.0 Å². The molecule has 8 nitrogen and oxygen atoms in total. The third-order valence-electron chi connectivity index (χ3n) is 7.84. The molecule has 37 heavy (non-hydrogen) atoms. The van der Waals surface area contributed by atoms with Crippen LogP contribution in [0.5, 0.6) is 5.75 Å². The number of aryl methyl sites for hydroxylation is 1. The van der Waals surface area contributed by atoms with Gasteiger partial charge in [-0.1, -0.05) is 11.6 Å². The summed E-state index contributed by atoms with van der Waals surface area (Å²) in [5.74, 6) is 0.572. The first-order valence-corrected chi connectivity index (χ1v) is 13.1. The van der Waals surface area contributed by atoms with Crippen LogP contribution >= 0.6 is 11.6 Å². The average Bonchev–Trinajstić information content (AvgIpc) is 3.25. The number of amides is 1. The number of carboxylic acid groups (broad SMARTS) is 1. The standard InChI is InChI=1S/C28H32ClN3O5/c1-16-4-9-22-23(31(16)28(35)37-3)10-11-24-26(22)30-25(14-17-12-19(29)15-21(13-17)36-2)32(24)20-7-5-18(6-8-20)27(33)34/h10-13,15-16,18,20H,4-9,14H2,1-3H3,(H,33,34)/t16-,18?,20?/m0/s1. The summed E-state index contributed by atoms with van der Waals surface area (Å²) in [5, 5.41) is 10.1. The van der Waals surface area contributed by atoms with E-state index in [0.717, 1.165) is 59.4 Å². The van der Waals surface area contributed by atoms with Crippen LogP contribution in [0.25, 0.3) is 11.0 Å². The van der Waals surface area contributed by atoms with Crippen LogP contribution in [0, 0.1) is 5.92 Å². The summed E-state index contributed by atoms with van der Waals surface area (Å²) >= 11 is 6.36. The number of fused-ring (bicyclic) bond motifs is 3. The van der Waals surface area contributed by atoms with Gasteiger partial charge in [0.1, 0.15) is 11.6 Å². The Morgan fingerprint density at radius 3 is 2.54 bits per heavy atom. The summed E-state index contributed by atoms with van der Waals surface area (Å²) < 4.78 is 12.8. The lowest BCUT2D eigenvalue weighted by Crippen LogP contribution is -2.42. The molecule has 1 aliphatic heterocycles. The van der Waals surface area contributed by atoms with Gasteiger partial charge in [0.05, 0.1) is 36.9 Å². The number of methoxy groups -OCH3 is 2. The molecule has 3 aromatic rings. The Balaban J connectivity index is 1.62. The molecule has 0 spiro atoms. The number of nitrogens with zero attached hydrogens (tertiary/aromatic N) is 3. The number of anilines is 1. The number of ether oxygens (including phenoxy) is 2. The second-order valence-electron chi connectivity index (χ2n) is 10.1. The fourth-order valence-corrected chi connectivity index (χ4v) is 6.21. The maximum Gasteiger partial charge on any atom is 0.414 e. The van der Waals surface area contributed by atoms with Crippen molar-refractivity contribution < 1.29 is 24.2 Å². The predicted molar refractivity (Wildman–Crippen MR) is 142 cm³/mol. The van der Waals surface area contributed by atoms with Crippen molar-refractivity contribution in [3.63, 3.8) is 0 Å². The average molecular weight is 526 g/mol. The van der Waals surface area contributed by atoms with Crippen molar-refractivity contribution in [1.82, 2.24) is 9.55 Å². The number of benzene rings is 2. The molecule has 1 aromatic heterocycles. The van der Waals surface area contributed by atoms with E-state index >= 15 is 0 Å². The number of hydrogen-bond donors (Lipinski definition) is 1. The van der Waals surface area contributed by atoms with Crippen molar-refractivity contribution in [3.05, 3.63) is 52.3 Å². The molecule has 2 heterocycles. The zero-order valence-corrected chi connectivity index (χ0v) is 22.1. The van der Waals surface area contributed by atoms with E-state index in [1.807, 2.05) is 31.2 Å². The number of carboxylic acids is 1. The first-order chi connectivity index (χ1) is 17.8. The Morgan fingerprint density at radius 2 is 1.86 bits per heavy atom. The summed E-state index contributed by atoms with van der Waals surface area (Å²) in [4.78, 5) is 31.1. The quantitative estimate of drug-likeness (QED) is 0.438. The van der Waals surface area contributed by atoms with Crippen molar-refractivity contribution in [2.45, 2.75) is 64.0 Å². The Bertz CT molecular complexity index is 1350. The Morgan fingerprint density at radius 1 is 1.11 bits per heavy atom. The first-order valence-electron chi connectivity index (χ1n) is 12.8. The van der Waals surface area contributed by atoms with Gasteiger partial charge in [0.25, 0.3) is 0 Å². The maximum absolute atomic E-state index is 12.6. The number of aromatic nitrogens is 2. The normalized spacial score (nSPS) is 21.5. The van der Waals surface area contributed by atoms with Gasteiger partial charge in [0.2, 0.25) is 0 Å². The van der Waals surface area contributed by atoms with E-state index in [4.69, 9.17) is 26.1 Å². The van der Waals surface area contributed by atoms with Gasteiger partial charge in [0, 0.05) is 29.1 Å². The Kier molecular flexibility index (Phi) is 7.03. The lowest BCUT2D eigenvalue weighted by atomic mass is 9.85. The molecule has 1 atom stereocenters. The van der Waals surface area contributed by atoms with Gasteiger partial charge in [-0.15, -0.1) is 0 Å². The van der Waals surface area contributed by atoms with Gasteiger partial charge in [-0.2, -0.15) is 0 Å². The molecule has 1 fully saturated rings. The number of aliphatic carboxylic acids is 1. The molecule has 1 saturated carbocycles. The van der Waals surface area contributed by atoms with Crippen molar-refractivity contribution in [1.29, 1.82) is 0 Å². The third kappa shape index (κ3) is 4.75. The topological polar surface area (TPSA) is 93.9 Å². The molecular weight excluding hydrogens is 494 g/mol. The molecule has 1 aliphatic carbocycles. The van der Waals surface area contributed by atoms with Crippen LogP contribution in [-0.4, -0.2) is 47.0 Å². The highest BCUT2D eigenvalue weighted by Gasteiger charge is 2.33. The van der Waals surface area contributed by atoms with Crippen molar-refractivity contribution >= 4 is 40.4 Å². The molecule has 5 rings (SSSR count). The van der Waals surface area contributed by atoms with Crippen LogP contribution in [0.3, 0.4) is 0 Å². The van der Waals surface area contributed by atoms with E-state index in [-0.39, 0.29) is 24.1 Å². The number of hydrogen-bond acceptors (Lipinski definition) is 5. The van der Waals surface area contributed by atoms with E-state index in [2.05, 4.69) is 4.57 Å². The van der Waals surface area contributed by atoms with E-state index < -0.39 is 5.97 Å². The monoisotopic (exact) mass is 525 g/mol. The highest BCUT2D eigenvalue weighted by molar-refractivity contribution is 6.30. The summed E-state index contributed by atoms with van der Waals surface area (Å²) in [6.45, 7) is 2.03. The Hall–Kier alpha value is -3.26. The maximum atomic E-state index is 12.6. The van der Waals surface area contributed by atoms with Crippen molar-refractivity contribution in [2.24, 2.45) is 5.92 Å². The summed E-state index contributed by atoms with van der Waals surface area (Å²) in [6, 6.07) is 9.88. The molecule has 0 unspecified atom stereocenters. The zero-order valence-electron chi connectivity index (χ0n) is 21.4. The highest BCUT2D eigenvalue weighted by atomic mass is 35.5. The fourth-order valence-electron chi connectivity index (χ4n) is 5.96. The van der Waals surface area contributed by atoms with Crippen molar-refractivity contribution in [2.75, 3.05) is 19.1 Å². The summed E-state index contributed by atoms with van der Waals surface area (Å²) in [7, 11) is 3.02. The molecule has 196 valence electrons. The van der Waals surface area contributed by atoms with Crippen LogP contribution in [0.4, 0.5) is 10.5 Å². The largest absolute Gasteiger partial charge is 0.497 e. The SMILES string of the molecule is COC(=O)N1c2ccc3c(nc(Cc4cc(Cl)cc(OC)c4)n3C3CCC(C(=O)O)CC3)c2CC[C@@H]1C. The lowest BCUT2D eigenvalue weighted by molar-refractivity contribution is -0.143. The second-order valence-corrected chi connectivity index (χ2v) is 10.5. The highest BCUT2D eigenvalue weighted by Crippen LogP contribution is 2.41. The third-order valence-corrected chi connectivity index (χ3v) is 8.06. The molecule has 0 bridgehead atoms. The van der Waals surface area contributed by atoms with Crippen LogP contribution in [0.2, 0.25) is 5.02 Å². The number of halogens is 1. The van der Waals surface area contributed by atoms with Crippen LogP contribution in [-0.2, 0) is 22.4 Å². The molecule has 1 amide bonds. The smallest absolute Gasteiger partial charge is 0.414 e. The molecule has 9 heteroatoms. The summed E-state index contributed by atoms with van der Waals surface area (Å²) in [6.07, 6.45) is 4.65. The van der Waals surface area contributed by atoms with Crippen LogP contribution in [0.15, 0.2) is 30.3 Å². The number of carbonyl (C=O) groups is 2. The fraction of sp³-hybridized carbons (Fsp3) is 0.464. The Labute approximate surface area is 221 Å². The van der Waals surface area contributed by atoms with Crippen LogP contribution in [0.1, 0.15) is 62.0 Å². The number of rotatable bonds is 5.